The number of carbonyl (C=O) groups is 1. The van der Waals surface area contributed by atoms with Crippen LogP contribution in [0.5, 0.6) is 11.6 Å². The van der Waals surface area contributed by atoms with E-state index in [1.807, 2.05) is 0 Å². The van der Waals surface area contributed by atoms with E-state index in [2.05, 4.69) is 31.4 Å². The highest BCUT2D eigenvalue weighted by atomic mass is 16.5. The normalized spacial score (nSPS) is 13.7. The fourth-order valence-corrected chi connectivity index (χ4v) is 2.27. The molecule has 1 aromatic carbocycles. The van der Waals surface area contributed by atoms with Gasteiger partial charge in [0.15, 0.2) is 5.66 Å². The van der Waals surface area contributed by atoms with E-state index in [0.717, 1.165) is 0 Å². The molecule has 2 aromatic rings. The minimum absolute atomic E-state index is 0.0816. The third-order valence-electron chi connectivity index (χ3n) is 3.72. The Balaban J connectivity index is 1.46. The Bertz CT molecular complexity index is 790. The van der Waals surface area contributed by atoms with Gasteiger partial charge in [-0.25, -0.2) is 9.97 Å². The van der Waals surface area contributed by atoms with Gasteiger partial charge in [0.25, 0.3) is 0 Å². The van der Waals surface area contributed by atoms with Crippen LogP contribution in [0.1, 0.15) is 25.7 Å². The first-order valence-electron chi connectivity index (χ1n) is 7.90. The lowest BCUT2D eigenvalue weighted by atomic mass is 10.0. The van der Waals surface area contributed by atoms with Crippen LogP contribution in [0.2, 0.25) is 0 Å². The summed E-state index contributed by atoms with van der Waals surface area (Å²) in [4.78, 5) is 19.9. The monoisotopic (exact) mass is 335 g/mol. The average molecular weight is 335 g/mol. The van der Waals surface area contributed by atoms with Crippen LogP contribution >= 0.6 is 0 Å². The summed E-state index contributed by atoms with van der Waals surface area (Å²) in [6.45, 7) is 0. The Hall–Kier alpha value is -3.27. The highest BCUT2D eigenvalue weighted by Gasteiger charge is 2.39. The van der Waals surface area contributed by atoms with Crippen molar-refractivity contribution in [1.29, 1.82) is 0 Å². The molecule has 25 heavy (non-hydrogen) atoms. The van der Waals surface area contributed by atoms with Crippen LogP contribution < -0.4 is 10.1 Å². The summed E-state index contributed by atoms with van der Waals surface area (Å²) >= 11 is 0. The fraction of sp³-hybridized carbons (Fsp3) is 0.278. The smallest absolute Gasteiger partial charge is 0.224 e. The number of aromatic nitrogens is 2. The molecule has 0 saturated carbocycles. The maximum Gasteiger partial charge on any atom is 0.224 e. The van der Waals surface area contributed by atoms with Gasteiger partial charge >= 0.3 is 0 Å². The molecule has 0 spiro atoms. The van der Waals surface area contributed by atoms with E-state index in [1.165, 1.54) is 6.33 Å². The van der Waals surface area contributed by atoms with Crippen molar-refractivity contribution in [3.63, 3.8) is 0 Å². The molecular weight excluding hydrogens is 318 g/mol. The Morgan fingerprint density at radius 1 is 1.20 bits per heavy atom. The van der Waals surface area contributed by atoms with E-state index >= 15 is 0 Å². The molecule has 1 amide bonds. The second kappa shape index (κ2) is 7.53. The Morgan fingerprint density at radius 3 is 2.64 bits per heavy atom. The zero-order chi connectivity index (χ0) is 17.5. The van der Waals surface area contributed by atoms with Crippen LogP contribution in [-0.2, 0) is 4.79 Å². The largest absolute Gasteiger partial charge is 0.439 e. The molecule has 1 aromatic heterocycles. The first-order chi connectivity index (χ1) is 12.2. The van der Waals surface area contributed by atoms with E-state index in [0.29, 0.717) is 43.0 Å². The lowest BCUT2D eigenvalue weighted by molar-refractivity contribution is -0.116. The second-order valence-corrected chi connectivity index (χ2v) is 5.61. The summed E-state index contributed by atoms with van der Waals surface area (Å²) in [5, 5.41) is 10.9. The van der Waals surface area contributed by atoms with E-state index in [9.17, 15) is 4.79 Å². The highest BCUT2D eigenvalue weighted by Crippen LogP contribution is 2.37. The Kier molecular flexibility index (Phi) is 5.00. The maximum absolute atomic E-state index is 12.1. The zero-order valence-corrected chi connectivity index (χ0v) is 13.6. The molecule has 0 atom stereocenters. The van der Waals surface area contributed by atoms with Gasteiger partial charge < -0.3 is 10.1 Å². The van der Waals surface area contributed by atoms with Crippen molar-refractivity contribution in [1.82, 2.24) is 9.97 Å². The molecule has 0 unspecified atom stereocenters. The fourth-order valence-electron chi connectivity index (χ4n) is 2.27. The van der Waals surface area contributed by atoms with Crippen molar-refractivity contribution in [3.8, 4) is 24.0 Å². The van der Waals surface area contributed by atoms with Crippen molar-refractivity contribution in [2.45, 2.75) is 31.3 Å². The Labute approximate surface area is 145 Å². The van der Waals surface area contributed by atoms with Crippen LogP contribution in [0.4, 0.5) is 5.69 Å². The number of carbonyl (C=O) groups excluding carboxylic acids is 1. The number of benzene rings is 1. The van der Waals surface area contributed by atoms with Crippen molar-refractivity contribution in [3.05, 3.63) is 42.9 Å². The summed E-state index contributed by atoms with van der Waals surface area (Å²) in [5.74, 6) is 3.58. The van der Waals surface area contributed by atoms with Gasteiger partial charge in [-0.1, -0.05) is 0 Å². The van der Waals surface area contributed by atoms with E-state index in [4.69, 9.17) is 11.2 Å². The predicted molar refractivity (Wildman–Crippen MR) is 92.1 cm³/mol. The molecule has 0 aliphatic carbocycles. The number of nitrogens with one attached hydrogen (secondary N) is 1. The molecule has 2 heterocycles. The number of ether oxygens (including phenoxy) is 1. The molecule has 126 valence electrons. The molecule has 0 saturated heterocycles. The van der Waals surface area contributed by atoms with Gasteiger partial charge in [0.2, 0.25) is 11.8 Å². The predicted octanol–water partition coefficient (Wildman–Crippen LogP) is 3.56. The number of nitrogens with zero attached hydrogens (tertiary/aromatic N) is 4. The van der Waals surface area contributed by atoms with E-state index < -0.39 is 5.66 Å². The molecular formula is C18H17N5O2. The topological polar surface area (TPSA) is 88.8 Å². The summed E-state index contributed by atoms with van der Waals surface area (Å²) in [6.07, 6.45) is 10.5. The van der Waals surface area contributed by atoms with Gasteiger partial charge in [-0.05, 0) is 24.3 Å². The average Bonchev–Trinajstić information content (AvgIpc) is 3.41. The molecule has 0 radical (unpaired) electrons. The number of amides is 1. The van der Waals surface area contributed by atoms with Gasteiger partial charge in [-0.3, -0.25) is 4.79 Å². The molecule has 0 bridgehead atoms. The molecule has 7 nitrogen and oxygen atoms in total. The standard InChI is InChI=1S/C18H17N5O2/c1-2-3-10-18(22-23-18)11-8-16(24)21-14-4-6-15(7-5-14)25-17-9-12-19-13-20-17/h1,4-7,9,12-13H,3,8,10-11H2,(H,21,24). The maximum atomic E-state index is 12.1. The number of anilines is 1. The number of hydrogen-bond acceptors (Lipinski definition) is 6. The van der Waals surface area contributed by atoms with Crippen LogP contribution in [0.3, 0.4) is 0 Å². The summed E-state index contributed by atoms with van der Waals surface area (Å²) in [5.41, 5.74) is 0.265. The van der Waals surface area contributed by atoms with Crippen molar-refractivity contribution in [2.75, 3.05) is 5.32 Å². The molecule has 1 aliphatic rings. The first-order valence-corrected chi connectivity index (χ1v) is 7.90. The quantitative estimate of drug-likeness (QED) is 0.747. The second-order valence-electron chi connectivity index (χ2n) is 5.61. The SMILES string of the molecule is C#CCCC1(CCC(=O)Nc2ccc(Oc3ccncn3)cc2)N=N1. The Morgan fingerprint density at radius 2 is 2.00 bits per heavy atom. The molecule has 0 fully saturated rings. The van der Waals surface area contributed by atoms with Gasteiger partial charge in [0, 0.05) is 43.6 Å². The summed E-state index contributed by atoms with van der Waals surface area (Å²) in [6, 6.07) is 8.73. The van der Waals surface area contributed by atoms with Crippen LogP contribution in [0.15, 0.2) is 53.1 Å². The molecule has 7 heteroatoms. The number of hydrogen-bond donors (Lipinski definition) is 1. The van der Waals surface area contributed by atoms with Crippen LogP contribution in [-0.4, -0.2) is 21.5 Å². The third kappa shape index (κ3) is 4.85. The molecule has 1 aliphatic heterocycles. The van der Waals surface area contributed by atoms with Crippen molar-refractivity contribution >= 4 is 11.6 Å². The number of terminal acetylenes is 1. The van der Waals surface area contributed by atoms with E-state index in [1.54, 1.807) is 36.5 Å². The van der Waals surface area contributed by atoms with E-state index in [-0.39, 0.29) is 5.91 Å². The number of rotatable bonds is 8. The van der Waals surface area contributed by atoms with Gasteiger partial charge in [-0.2, -0.15) is 10.2 Å². The third-order valence-corrected chi connectivity index (χ3v) is 3.72. The van der Waals surface area contributed by atoms with Crippen molar-refractivity contribution < 1.29 is 9.53 Å². The zero-order valence-electron chi connectivity index (χ0n) is 13.6. The molecule has 1 N–H and O–H groups in total. The van der Waals surface area contributed by atoms with Crippen LogP contribution in [0, 0.1) is 12.3 Å². The lowest BCUT2D eigenvalue weighted by Crippen LogP contribution is -2.17. The van der Waals surface area contributed by atoms with Gasteiger partial charge in [0.05, 0.1) is 0 Å². The van der Waals surface area contributed by atoms with Gasteiger partial charge in [-0.15, -0.1) is 12.3 Å². The molecule has 3 rings (SSSR count). The lowest BCUT2D eigenvalue weighted by Gasteiger charge is -2.10. The minimum atomic E-state index is -0.432. The first kappa shape index (κ1) is 16.6. The van der Waals surface area contributed by atoms with Gasteiger partial charge in [0.1, 0.15) is 12.1 Å². The highest BCUT2D eigenvalue weighted by molar-refractivity contribution is 5.90. The minimum Gasteiger partial charge on any atom is -0.439 e. The van der Waals surface area contributed by atoms with Crippen molar-refractivity contribution in [2.24, 2.45) is 10.2 Å². The summed E-state index contributed by atoms with van der Waals surface area (Å²) in [7, 11) is 0. The summed E-state index contributed by atoms with van der Waals surface area (Å²) < 4.78 is 5.57. The van der Waals surface area contributed by atoms with Crippen LogP contribution in [0.25, 0.3) is 0 Å².